The van der Waals surface area contributed by atoms with E-state index < -0.39 is 38.5 Å². The van der Waals surface area contributed by atoms with Crippen LogP contribution in [0.5, 0.6) is 5.75 Å². The normalized spacial score (nSPS) is 9.62. The lowest BCUT2D eigenvalue weighted by Crippen LogP contribution is -2.20. The molecule has 0 fully saturated rings. The predicted octanol–water partition coefficient (Wildman–Crippen LogP) is 1.41. The Kier molecular flexibility index (Phi) is 10.9. The van der Waals surface area contributed by atoms with E-state index in [1.54, 1.807) is 32.3 Å². The van der Waals surface area contributed by atoms with Gasteiger partial charge in [-0.25, -0.2) is 9.78 Å². The molecule has 18 heteroatoms. The summed E-state index contributed by atoms with van der Waals surface area (Å²) in [6.07, 6.45) is 0.750. The number of nitrogens with zero attached hydrogens (tertiary/aromatic N) is 5. The van der Waals surface area contributed by atoms with Crippen molar-refractivity contribution in [1.82, 2.24) is 15.1 Å². The molecular weight excluding hydrogens is 539 g/mol. The zero-order chi connectivity index (χ0) is 28.4. The van der Waals surface area contributed by atoms with Gasteiger partial charge in [0.2, 0.25) is 12.2 Å². The van der Waals surface area contributed by atoms with Crippen molar-refractivity contribution >= 4 is 58.7 Å². The van der Waals surface area contributed by atoms with Crippen molar-refractivity contribution in [1.29, 1.82) is 0 Å². The largest absolute Gasteiger partial charge is 0.867 e. The number of non-ortho nitro benzene ring substituents is 1. The number of amides is 1. The first-order valence-corrected chi connectivity index (χ1v) is 10.2. The molecule has 0 saturated carbocycles. The van der Waals surface area contributed by atoms with E-state index in [2.05, 4.69) is 15.2 Å². The van der Waals surface area contributed by atoms with Crippen LogP contribution in [-0.4, -0.2) is 56.5 Å². The number of nitro benzene ring substituents is 2. The molecule has 0 saturated heterocycles. The monoisotopic (exact) mass is 556 g/mol. The van der Waals surface area contributed by atoms with Gasteiger partial charge in [-0.15, -0.1) is 0 Å². The summed E-state index contributed by atoms with van der Waals surface area (Å²) in [5.74, 6) is -2.68. The molecule has 1 amide bonds. The molecule has 0 aliphatic rings. The summed E-state index contributed by atoms with van der Waals surface area (Å²) >= 11 is 11.9. The van der Waals surface area contributed by atoms with Crippen LogP contribution in [0, 0.1) is 20.2 Å². The third-order valence-corrected chi connectivity index (χ3v) is 4.70. The van der Waals surface area contributed by atoms with Crippen LogP contribution in [-0.2, 0) is 4.79 Å². The molecular formula is C19H18Cl2N8O8. The van der Waals surface area contributed by atoms with E-state index in [0.717, 1.165) is 6.41 Å². The SMILES string of the molecule is CN(C)C=O.Nc1nnc(-c2cccc(Cl)c2Cl)c(N)[nH+]1.O=C(O)c1cc([N+](=O)[O-])cc([N+](=O)[O-])c1[O-]. The summed E-state index contributed by atoms with van der Waals surface area (Å²) in [5.41, 5.74) is 9.22. The minimum atomic E-state index is -1.75. The first-order valence-electron chi connectivity index (χ1n) is 9.45. The van der Waals surface area contributed by atoms with E-state index in [1.165, 1.54) is 4.90 Å². The highest BCUT2D eigenvalue weighted by Crippen LogP contribution is 2.34. The number of nitrogen functional groups attached to an aromatic ring is 2. The third kappa shape index (κ3) is 8.41. The molecule has 0 spiro atoms. The van der Waals surface area contributed by atoms with Crippen molar-refractivity contribution in [3.8, 4) is 17.0 Å². The summed E-state index contributed by atoms with van der Waals surface area (Å²) in [4.78, 5) is 42.6. The fourth-order valence-electron chi connectivity index (χ4n) is 2.26. The Balaban J connectivity index is 0.000000314. The molecule has 3 rings (SSSR count). The van der Waals surface area contributed by atoms with Crippen molar-refractivity contribution < 1.29 is 34.6 Å². The molecule has 0 bridgehead atoms. The van der Waals surface area contributed by atoms with Crippen molar-refractivity contribution in [2.45, 2.75) is 0 Å². The Bertz CT molecular complexity index is 1300. The summed E-state index contributed by atoms with van der Waals surface area (Å²) in [6.45, 7) is 0. The highest BCUT2D eigenvalue weighted by Gasteiger charge is 2.21. The molecule has 6 N–H and O–H groups in total. The number of carbonyl (C=O) groups is 2. The molecule has 37 heavy (non-hydrogen) atoms. The number of rotatable bonds is 5. The Morgan fingerprint density at radius 2 is 1.73 bits per heavy atom. The maximum Gasteiger partial charge on any atom is 0.364 e. The summed E-state index contributed by atoms with van der Waals surface area (Å²) in [5, 5.41) is 48.8. The fraction of sp³-hybridized carbons (Fsp3) is 0.105. The van der Waals surface area contributed by atoms with Gasteiger partial charge in [0, 0.05) is 30.8 Å². The fourth-order valence-corrected chi connectivity index (χ4v) is 2.65. The van der Waals surface area contributed by atoms with Gasteiger partial charge in [0.05, 0.1) is 31.5 Å². The van der Waals surface area contributed by atoms with Gasteiger partial charge in [0.1, 0.15) is 0 Å². The van der Waals surface area contributed by atoms with E-state index >= 15 is 0 Å². The van der Waals surface area contributed by atoms with Crippen LogP contribution in [0.15, 0.2) is 30.3 Å². The number of aromatic amines is 1. The minimum Gasteiger partial charge on any atom is -0.867 e. The molecule has 2 aromatic carbocycles. The van der Waals surface area contributed by atoms with Crippen LogP contribution in [0.3, 0.4) is 0 Å². The van der Waals surface area contributed by atoms with Gasteiger partial charge in [-0.05, 0) is 11.8 Å². The Hall–Kier alpha value is -4.83. The number of benzene rings is 2. The second-order valence-electron chi connectivity index (χ2n) is 6.80. The molecule has 196 valence electrons. The van der Waals surface area contributed by atoms with Crippen molar-refractivity contribution in [3.05, 3.63) is 66.2 Å². The van der Waals surface area contributed by atoms with Gasteiger partial charge >= 0.3 is 11.9 Å². The van der Waals surface area contributed by atoms with Gasteiger partial charge < -0.3 is 26.6 Å². The van der Waals surface area contributed by atoms with Crippen LogP contribution in [0.25, 0.3) is 11.3 Å². The van der Waals surface area contributed by atoms with Gasteiger partial charge in [-0.2, -0.15) is 0 Å². The van der Waals surface area contributed by atoms with Crippen LogP contribution >= 0.6 is 23.2 Å². The number of nitrogens with one attached hydrogen (secondary N) is 1. The van der Waals surface area contributed by atoms with Crippen molar-refractivity contribution in [2.75, 3.05) is 25.6 Å². The zero-order valence-electron chi connectivity index (χ0n) is 18.9. The quantitative estimate of drug-likeness (QED) is 0.228. The van der Waals surface area contributed by atoms with E-state index in [1.807, 2.05) is 0 Å². The number of carbonyl (C=O) groups excluding carboxylic acids is 1. The molecule has 16 nitrogen and oxygen atoms in total. The Morgan fingerprint density at radius 1 is 1.14 bits per heavy atom. The predicted molar refractivity (Wildman–Crippen MR) is 129 cm³/mol. The van der Waals surface area contributed by atoms with Crippen LogP contribution < -0.4 is 21.6 Å². The topological polar surface area (TPSA) is 259 Å². The molecule has 1 heterocycles. The number of hydrogen-bond acceptors (Lipinski definition) is 11. The zero-order valence-corrected chi connectivity index (χ0v) is 20.4. The van der Waals surface area contributed by atoms with Gasteiger partial charge in [-0.1, -0.05) is 40.4 Å². The van der Waals surface area contributed by atoms with E-state index in [-0.39, 0.29) is 11.8 Å². The first kappa shape index (κ1) is 30.2. The number of halogens is 2. The number of anilines is 2. The van der Waals surface area contributed by atoms with Gasteiger partial charge in [0.25, 0.3) is 11.4 Å². The van der Waals surface area contributed by atoms with Crippen molar-refractivity contribution in [2.24, 2.45) is 0 Å². The van der Waals surface area contributed by atoms with E-state index in [0.29, 0.717) is 33.4 Å². The standard InChI is InChI=1S/C9H7Cl2N5.C7H4N2O7.C3H7NO/c10-5-3-1-2-4(6(5)11)7-8(12)14-9(13)16-15-7;10-6-4(7(11)12)1-3(8(13)14)2-5(6)9(15)16;1-4(2)3-5/h1-3H,(H4,12,13,14,16);1-2,10H,(H,11,12);3H,1-2H3. The highest BCUT2D eigenvalue weighted by atomic mass is 35.5. The molecule has 0 unspecified atom stereocenters. The van der Waals surface area contributed by atoms with Gasteiger partial charge in [0.15, 0.2) is 5.69 Å². The molecule has 1 aromatic heterocycles. The number of nitrogens with two attached hydrogens (primary N) is 2. The highest BCUT2D eigenvalue weighted by molar-refractivity contribution is 6.43. The number of nitro groups is 2. The number of aromatic nitrogens is 3. The number of H-pyrrole nitrogens is 1. The van der Waals surface area contributed by atoms with Gasteiger partial charge in [-0.3, -0.25) is 25.0 Å². The second-order valence-corrected chi connectivity index (χ2v) is 7.59. The lowest BCUT2D eigenvalue weighted by atomic mass is 10.1. The van der Waals surface area contributed by atoms with E-state index in [4.69, 9.17) is 39.8 Å². The second kappa shape index (κ2) is 13.3. The number of hydrogen-bond donors (Lipinski definition) is 3. The van der Waals surface area contributed by atoms with Crippen LogP contribution in [0.4, 0.5) is 23.1 Å². The first-order chi connectivity index (χ1) is 17.2. The summed E-state index contributed by atoms with van der Waals surface area (Å²) < 4.78 is 0. The minimum absolute atomic E-state index is 0.138. The average Bonchev–Trinajstić information content (AvgIpc) is 2.81. The summed E-state index contributed by atoms with van der Waals surface area (Å²) in [7, 11) is 3.38. The van der Waals surface area contributed by atoms with Crippen molar-refractivity contribution in [3.63, 3.8) is 0 Å². The Labute approximate surface area is 217 Å². The van der Waals surface area contributed by atoms with Crippen LogP contribution in [0.1, 0.15) is 10.4 Å². The van der Waals surface area contributed by atoms with E-state index in [9.17, 15) is 34.9 Å². The summed E-state index contributed by atoms with van der Waals surface area (Å²) in [6, 6.07) is 6.09. The molecule has 0 aliphatic carbocycles. The molecule has 0 aliphatic heterocycles. The lowest BCUT2D eigenvalue weighted by Gasteiger charge is -2.09. The number of aromatic carboxylic acids is 1. The Morgan fingerprint density at radius 3 is 2.19 bits per heavy atom. The number of carboxylic acid groups (broad SMARTS) is 1. The molecule has 0 atom stereocenters. The third-order valence-electron chi connectivity index (χ3n) is 3.89. The molecule has 3 aromatic rings. The van der Waals surface area contributed by atoms with Crippen LogP contribution in [0.2, 0.25) is 10.0 Å². The smallest absolute Gasteiger partial charge is 0.364 e. The number of carboxylic acids is 1. The average molecular weight is 557 g/mol. The molecule has 0 radical (unpaired) electrons. The maximum atomic E-state index is 11.2. The lowest BCUT2D eigenvalue weighted by molar-refractivity contribution is -0.403. The maximum absolute atomic E-state index is 11.2.